The summed E-state index contributed by atoms with van der Waals surface area (Å²) in [7, 11) is 1.65. The topological polar surface area (TPSA) is 129 Å². The van der Waals surface area contributed by atoms with Crippen LogP contribution in [0.1, 0.15) is 11.1 Å². The Hall–Kier alpha value is -3.52. The molecular formula is C51H71BrO14. The molecule has 366 valence electrons. The molecule has 4 aromatic carbocycles. The van der Waals surface area contributed by atoms with E-state index in [9.17, 15) is 0 Å². The molecule has 15 heteroatoms. The van der Waals surface area contributed by atoms with Crippen molar-refractivity contribution in [1.82, 2.24) is 0 Å². The van der Waals surface area contributed by atoms with Crippen molar-refractivity contribution in [2.75, 3.05) is 166 Å². The molecule has 66 heavy (non-hydrogen) atoms. The highest BCUT2D eigenvalue weighted by atomic mass is 79.9. The Bertz CT molecular complexity index is 1700. The molecule has 0 fully saturated rings. The van der Waals surface area contributed by atoms with Crippen molar-refractivity contribution in [3.8, 4) is 33.8 Å². The zero-order chi connectivity index (χ0) is 46.2. The minimum Gasteiger partial charge on any atom is -0.491 e. The van der Waals surface area contributed by atoms with Gasteiger partial charge in [0.2, 0.25) is 0 Å². The first-order chi connectivity index (χ1) is 32.7. The van der Waals surface area contributed by atoms with Crippen molar-refractivity contribution in [1.29, 1.82) is 0 Å². The highest BCUT2D eigenvalue weighted by Gasteiger charge is 2.04. The highest BCUT2D eigenvalue weighted by molar-refractivity contribution is 9.08. The van der Waals surface area contributed by atoms with Crippen LogP contribution in [0.5, 0.6) is 11.5 Å². The number of methoxy groups -OCH3 is 1. The zero-order valence-corrected chi connectivity index (χ0v) is 40.3. The van der Waals surface area contributed by atoms with Crippen LogP contribution in [0.15, 0.2) is 97.1 Å². The lowest BCUT2D eigenvalue weighted by Gasteiger charge is -2.10. The Kier molecular flexibility index (Phi) is 32.1. The molecule has 0 spiro atoms. The van der Waals surface area contributed by atoms with E-state index in [0.29, 0.717) is 165 Å². The van der Waals surface area contributed by atoms with Gasteiger partial charge in [0.05, 0.1) is 152 Å². The van der Waals surface area contributed by atoms with Gasteiger partial charge in [0.15, 0.2) is 0 Å². The summed E-state index contributed by atoms with van der Waals surface area (Å²) in [5, 5.41) is 0.861. The summed E-state index contributed by atoms with van der Waals surface area (Å²) >= 11 is 3.50. The molecule has 0 radical (unpaired) electrons. The van der Waals surface area contributed by atoms with Gasteiger partial charge in [0, 0.05) is 12.4 Å². The van der Waals surface area contributed by atoms with E-state index >= 15 is 0 Å². The molecule has 0 bridgehead atoms. The van der Waals surface area contributed by atoms with E-state index in [1.165, 1.54) is 16.7 Å². The SMILES string of the molecule is COCCOCCOCCOCCOCCOCCOCCOCCOCCOCCOCCOCCOc1ccc(-c2ccc(OCc3ccc(-c4ccc(CBr)cc4)cc3)cc2)cc1. The molecule has 0 N–H and O–H groups in total. The van der Waals surface area contributed by atoms with Crippen LogP contribution < -0.4 is 9.47 Å². The molecule has 0 aliphatic rings. The van der Waals surface area contributed by atoms with E-state index in [4.69, 9.17) is 66.3 Å². The largest absolute Gasteiger partial charge is 0.491 e. The minimum absolute atomic E-state index is 0.456. The summed E-state index contributed by atoms with van der Waals surface area (Å²) in [6.45, 7) is 12.8. The van der Waals surface area contributed by atoms with Crippen molar-refractivity contribution in [3.63, 3.8) is 0 Å². The third-order valence-corrected chi connectivity index (χ3v) is 10.1. The second-order valence-electron chi connectivity index (χ2n) is 14.4. The molecular weight excluding hydrogens is 916 g/mol. The van der Waals surface area contributed by atoms with Gasteiger partial charge in [0.1, 0.15) is 24.7 Å². The molecule has 0 aliphatic carbocycles. The molecule has 0 unspecified atom stereocenters. The van der Waals surface area contributed by atoms with Gasteiger partial charge < -0.3 is 66.3 Å². The van der Waals surface area contributed by atoms with Crippen molar-refractivity contribution < 1.29 is 66.3 Å². The molecule has 0 atom stereocenters. The Balaban J connectivity index is 0.839. The molecule has 0 aliphatic heterocycles. The van der Waals surface area contributed by atoms with Gasteiger partial charge in [-0.1, -0.05) is 88.7 Å². The molecule has 14 nitrogen and oxygen atoms in total. The molecule has 0 heterocycles. The van der Waals surface area contributed by atoms with Crippen molar-refractivity contribution in [2.24, 2.45) is 0 Å². The summed E-state index contributed by atoms with van der Waals surface area (Å²) in [4.78, 5) is 0. The standard InChI is InChI=1S/C51H71BrO14/c1-53-18-19-54-20-21-55-22-23-56-24-25-57-26-27-58-28-29-59-30-31-60-32-33-61-34-35-62-36-37-63-38-39-64-40-41-65-50-14-10-48(11-15-50)49-12-16-51(17-13-49)66-43-45-4-8-47(9-5-45)46-6-2-44(42-52)3-7-46/h2-17H,18-43H2,1H3. The Labute approximate surface area is 400 Å². The Morgan fingerprint density at radius 3 is 0.803 bits per heavy atom. The lowest BCUT2D eigenvalue weighted by atomic mass is 10.0. The molecule has 4 rings (SSSR count). The number of rotatable bonds is 43. The molecule has 4 aromatic rings. The number of ether oxygens (including phenoxy) is 14. The van der Waals surface area contributed by atoms with Gasteiger partial charge in [-0.25, -0.2) is 0 Å². The fourth-order valence-corrected chi connectivity index (χ4v) is 6.27. The second-order valence-corrected chi connectivity index (χ2v) is 15.0. The predicted octanol–water partition coefficient (Wildman–Crippen LogP) is 7.70. The van der Waals surface area contributed by atoms with Gasteiger partial charge in [-0.05, 0) is 57.6 Å². The van der Waals surface area contributed by atoms with Gasteiger partial charge >= 0.3 is 0 Å². The summed E-state index contributed by atoms with van der Waals surface area (Å²) in [5.74, 6) is 1.63. The average Bonchev–Trinajstić information content (AvgIpc) is 3.36. The maximum absolute atomic E-state index is 6.06. The normalized spacial score (nSPS) is 11.4. The fraction of sp³-hybridized carbons (Fsp3) is 0.529. The van der Waals surface area contributed by atoms with Crippen LogP contribution >= 0.6 is 15.9 Å². The number of hydrogen-bond donors (Lipinski definition) is 0. The highest BCUT2D eigenvalue weighted by Crippen LogP contribution is 2.26. The first kappa shape index (κ1) is 55.1. The molecule has 0 saturated carbocycles. The van der Waals surface area contributed by atoms with Crippen molar-refractivity contribution >= 4 is 15.9 Å². The van der Waals surface area contributed by atoms with E-state index in [1.54, 1.807) is 7.11 Å². The molecule has 0 aromatic heterocycles. The van der Waals surface area contributed by atoms with Crippen LogP contribution in [-0.4, -0.2) is 166 Å². The van der Waals surface area contributed by atoms with E-state index in [2.05, 4.69) is 88.7 Å². The summed E-state index contributed by atoms with van der Waals surface area (Å²) < 4.78 is 77.3. The predicted molar refractivity (Wildman–Crippen MR) is 257 cm³/mol. The van der Waals surface area contributed by atoms with Crippen LogP contribution in [0.25, 0.3) is 22.3 Å². The number of benzene rings is 4. The average molecular weight is 988 g/mol. The van der Waals surface area contributed by atoms with Gasteiger partial charge in [-0.3, -0.25) is 0 Å². The van der Waals surface area contributed by atoms with Crippen LogP contribution in [0.2, 0.25) is 0 Å². The Morgan fingerprint density at radius 1 is 0.273 bits per heavy atom. The Morgan fingerprint density at radius 2 is 0.515 bits per heavy atom. The summed E-state index contributed by atoms with van der Waals surface area (Å²) in [6.07, 6.45) is 0. The number of alkyl halides is 1. The maximum Gasteiger partial charge on any atom is 0.119 e. The van der Waals surface area contributed by atoms with Crippen LogP contribution in [0.4, 0.5) is 0 Å². The monoisotopic (exact) mass is 986 g/mol. The van der Waals surface area contributed by atoms with E-state index in [-0.39, 0.29) is 0 Å². The van der Waals surface area contributed by atoms with Crippen LogP contribution in [-0.2, 0) is 68.8 Å². The molecule has 0 saturated heterocycles. The first-order valence-electron chi connectivity index (χ1n) is 22.8. The zero-order valence-electron chi connectivity index (χ0n) is 38.7. The smallest absolute Gasteiger partial charge is 0.119 e. The van der Waals surface area contributed by atoms with Gasteiger partial charge in [-0.2, -0.15) is 0 Å². The van der Waals surface area contributed by atoms with E-state index in [1.807, 2.05) is 24.3 Å². The quantitative estimate of drug-likeness (QED) is 0.0317. The van der Waals surface area contributed by atoms with Gasteiger partial charge in [-0.15, -0.1) is 0 Å². The third kappa shape index (κ3) is 26.7. The third-order valence-electron chi connectivity index (χ3n) is 9.49. The number of halogens is 1. The lowest BCUT2D eigenvalue weighted by Crippen LogP contribution is -2.15. The lowest BCUT2D eigenvalue weighted by molar-refractivity contribution is -0.0282. The first-order valence-corrected chi connectivity index (χ1v) is 23.9. The maximum atomic E-state index is 6.06. The van der Waals surface area contributed by atoms with E-state index in [0.717, 1.165) is 33.5 Å². The summed E-state index contributed by atoms with van der Waals surface area (Å²) in [5.41, 5.74) is 7.00. The van der Waals surface area contributed by atoms with Crippen molar-refractivity contribution in [3.05, 3.63) is 108 Å². The van der Waals surface area contributed by atoms with Crippen LogP contribution in [0.3, 0.4) is 0 Å². The van der Waals surface area contributed by atoms with Crippen molar-refractivity contribution in [2.45, 2.75) is 11.9 Å². The molecule has 0 amide bonds. The van der Waals surface area contributed by atoms with Gasteiger partial charge in [0.25, 0.3) is 0 Å². The van der Waals surface area contributed by atoms with E-state index < -0.39 is 0 Å². The minimum atomic E-state index is 0.456. The second kappa shape index (κ2) is 38.4. The van der Waals surface area contributed by atoms with Crippen LogP contribution in [0, 0.1) is 0 Å². The fourth-order valence-electron chi connectivity index (χ4n) is 5.90. The number of hydrogen-bond acceptors (Lipinski definition) is 14. The summed E-state index contributed by atoms with van der Waals surface area (Å²) in [6, 6.07) is 33.3.